The number of hydrogen-bond acceptors (Lipinski definition) is 3. The minimum Gasteiger partial charge on any atom is -0.338 e. The Kier molecular flexibility index (Phi) is 6.20. The van der Waals surface area contributed by atoms with Gasteiger partial charge in [0.05, 0.1) is 0 Å². The number of likely N-dealkylation sites (tertiary alicyclic amines) is 1. The number of thioether (sulfide) groups is 1. The van der Waals surface area contributed by atoms with Crippen LogP contribution in [0.25, 0.3) is 0 Å². The first-order chi connectivity index (χ1) is 9.70. The third kappa shape index (κ3) is 4.40. The number of piperidine rings is 1. The molecule has 0 radical (unpaired) electrons. The minimum absolute atomic E-state index is 0.238. The highest BCUT2D eigenvalue weighted by Gasteiger charge is 2.24. The highest BCUT2D eigenvalue weighted by Crippen LogP contribution is 2.22. The van der Waals surface area contributed by atoms with Crippen LogP contribution in [0.2, 0.25) is 5.02 Å². The maximum Gasteiger partial charge on any atom is 0.223 e. The van der Waals surface area contributed by atoms with Gasteiger partial charge in [-0.25, -0.2) is 0 Å². The zero-order valence-electron chi connectivity index (χ0n) is 11.6. The molecule has 110 valence electrons. The summed E-state index contributed by atoms with van der Waals surface area (Å²) in [5.41, 5.74) is 5.75. The van der Waals surface area contributed by atoms with Gasteiger partial charge in [-0.2, -0.15) is 0 Å². The molecule has 0 bridgehead atoms. The van der Waals surface area contributed by atoms with Crippen molar-refractivity contribution in [2.75, 3.05) is 18.8 Å². The monoisotopic (exact) mass is 312 g/mol. The standard InChI is InChI=1S/C15H21ClN2OS/c16-12-4-6-14(7-5-12)20-10-8-15(19)18-9-2-1-3-13(18)11-17/h4-7,13H,1-3,8-11,17H2. The number of nitrogens with two attached hydrogens (primary N) is 1. The number of carbonyl (C=O) groups excluding carboxylic acids is 1. The molecule has 1 aliphatic heterocycles. The van der Waals surface area contributed by atoms with E-state index in [4.69, 9.17) is 17.3 Å². The van der Waals surface area contributed by atoms with Crippen molar-refractivity contribution in [3.63, 3.8) is 0 Å². The van der Waals surface area contributed by atoms with E-state index in [1.807, 2.05) is 29.2 Å². The number of nitrogens with zero attached hydrogens (tertiary/aromatic N) is 1. The number of rotatable bonds is 5. The van der Waals surface area contributed by atoms with E-state index in [2.05, 4.69) is 0 Å². The molecule has 1 atom stereocenters. The lowest BCUT2D eigenvalue weighted by Crippen LogP contribution is -2.47. The molecular weight excluding hydrogens is 292 g/mol. The van der Waals surface area contributed by atoms with Gasteiger partial charge in [-0.3, -0.25) is 4.79 Å². The Hall–Kier alpha value is -0.710. The first-order valence-corrected chi connectivity index (χ1v) is 8.45. The van der Waals surface area contributed by atoms with Gasteiger partial charge in [0, 0.05) is 41.2 Å². The van der Waals surface area contributed by atoms with Gasteiger partial charge in [0.15, 0.2) is 0 Å². The van der Waals surface area contributed by atoms with Crippen molar-refractivity contribution in [3.05, 3.63) is 29.3 Å². The molecule has 2 N–H and O–H groups in total. The van der Waals surface area contributed by atoms with Crippen LogP contribution >= 0.6 is 23.4 Å². The van der Waals surface area contributed by atoms with Crippen LogP contribution in [-0.4, -0.2) is 35.7 Å². The van der Waals surface area contributed by atoms with E-state index >= 15 is 0 Å². The van der Waals surface area contributed by atoms with Gasteiger partial charge >= 0.3 is 0 Å². The summed E-state index contributed by atoms with van der Waals surface area (Å²) in [6.07, 6.45) is 3.91. The van der Waals surface area contributed by atoms with Crippen molar-refractivity contribution in [2.24, 2.45) is 5.73 Å². The molecule has 1 aliphatic rings. The molecule has 1 aromatic rings. The molecule has 3 nitrogen and oxygen atoms in total. The predicted octanol–water partition coefficient (Wildman–Crippen LogP) is 3.16. The average molecular weight is 313 g/mol. The minimum atomic E-state index is 0.238. The normalized spacial score (nSPS) is 19.1. The Morgan fingerprint density at radius 2 is 2.10 bits per heavy atom. The summed E-state index contributed by atoms with van der Waals surface area (Å²) in [4.78, 5) is 15.4. The second kappa shape index (κ2) is 7.91. The van der Waals surface area contributed by atoms with Gasteiger partial charge in [-0.1, -0.05) is 11.6 Å². The first kappa shape index (κ1) is 15.7. The largest absolute Gasteiger partial charge is 0.338 e. The van der Waals surface area contributed by atoms with Crippen molar-refractivity contribution in [3.8, 4) is 0 Å². The summed E-state index contributed by atoms with van der Waals surface area (Å²) in [7, 11) is 0. The first-order valence-electron chi connectivity index (χ1n) is 7.08. The zero-order valence-corrected chi connectivity index (χ0v) is 13.1. The van der Waals surface area contributed by atoms with Crippen LogP contribution in [0.4, 0.5) is 0 Å². The molecule has 1 amide bonds. The lowest BCUT2D eigenvalue weighted by atomic mass is 10.0. The Morgan fingerprint density at radius 3 is 2.80 bits per heavy atom. The summed E-state index contributed by atoms with van der Waals surface area (Å²) in [6, 6.07) is 7.97. The summed E-state index contributed by atoms with van der Waals surface area (Å²) in [5, 5.41) is 0.740. The molecule has 5 heteroatoms. The molecular formula is C15H21ClN2OS. The number of carbonyl (C=O) groups is 1. The smallest absolute Gasteiger partial charge is 0.223 e. The van der Waals surface area contributed by atoms with Gasteiger partial charge in [0.1, 0.15) is 0 Å². The molecule has 20 heavy (non-hydrogen) atoms. The van der Waals surface area contributed by atoms with Crippen LogP contribution in [0.5, 0.6) is 0 Å². The van der Waals surface area contributed by atoms with Crippen LogP contribution in [0.3, 0.4) is 0 Å². The number of hydrogen-bond donors (Lipinski definition) is 1. The van der Waals surface area contributed by atoms with E-state index in [0.29, 0.717) is 13.0 Å². The Labute approximate surface area is 129 Å². The van der Waals surface area contributed by atoms with Crippen LogP contribution in [0.1, 0.15) is 25.7 Å². The molecule has 1 fully saturated rings. The zero-order chi connectivity index (χ0) is 14.4. The molecule has 0 saturated carbocycles. The summed E-state index contributed by atoms with van der Waals surface area (Å²) < 4.78 is 0. The van der Waals surface area contributed by atoms with E-state index in [-0.39, 0.29) is 11.9 Å². The Balaban J connectivity index is 1.78. The van der Waals surface area contributed by atoms with Crippen molar-refractivity contribution in [2.45, 2.75) is 36.6 Å². The van der Waals surface area contributed by atoms with Gasteiger partial charge in [-0.05, 0) is 43.5 Å². The summed E-state index contributed by atoms with van der Waals surface area (Å²) in [5.74, 6) is 1.04. The average Bonchev–Trinajstić information content (AvgIpc) is 2.49. The topological polar surface area (TPSA) is 46.3 Å². The predicted molar refractivity (Wildman–Crippen MR) is 85.2 cm³/mol. The van der Waals surface area contributed by atoms with E-state index in [1.54, 1.807) is 11.8 Å². The fourth-order valence-corrected chi connectivity index (χ4v) is 3.47. The molecule has 2 rings (SSSR count). The molecule has 0 aliphatic carbocycles. The third-order valence-corrected chi connectivity index (χ3v) is 4.88. The van der Waals surface area contributed by atoms with E-state index < -0.39 is 0 Å². The van der Waals surface area contributed by atoms with Crippen molar-refractivity contribution in [1.82, 2.24) is 4.90 Å². The highest BCUT2D eigenvalue weighted by atomic mass is 35.5. The summed E-state index contributed by atoms with van der Waals surface area (Å²) >= 11 is 7.54. The highest BCUT2D eigenvalue weighted by molar-refractivity contribution is 7.99. The molecule has 0 aromatic heterocycles. The van der Waals surface area contributed by atoms with Crippen molar-refractivity contribution >= 4 is 29.3 Å². The number of halogens is 1. The van der Waals surface area contributed by atoms with Crippen molar-refractivity contribution < 1.29 is 4.79 Å². The fraction of sp³-hybridized carbons (Fsp3) is 0.533. The van der Waals surface area contributed by atoms with Crippen LogP contribution in [0.15, 0.2) is 29.2 Å². The van der Waals surface area contributed by atoms with Gasteiger partial charge in [-0.15, -0.1) is 11.8 Å². The van der Waals surface area contributed by atoms with Gasteiger partial charge < -0.3 is 10.6 Å². The third-order valence-electron chi connectivity index (χ3n) is 3.62. The number of benzene rings is 1. The van der Waals surface area contributed by atoms with Crippen LogP contribution in [0, 0.1) is 0 Å². The number of amides is 1. The Bertz CT molecular complexity index is 438. The lowest BCUT2D eigenvalue weighted by molar-refractivity contribution is -0.134. The summed E-state index contributed by atoms with van der Waals surface area (Å²) in [6.45, 7) is 1.45. The Morgan fingerprint density at radius 1 is 1.35 bits per heavy atom. The second-order valence-corrected chi connectivity index (χ2v) is 6.63. The molecule has 1 saturated heterocycles. The maximum absolute atomic E-state index is 12.2. The van der Waals surface area contributed by atoms with E-state index in [9.17, 15) is 4.79 Å². The second-order valence-electron chi connectivity index (χ2n) is 5.02. The lowest BCUT2D eigenvalue weighted by Gasteiger charge is -2.35. The molecule has 1 unspecified atom stereocenters. The van der Waals surface area contributed by atoms with Crippen molar-refractivity contribution in [1.29, 1.82) is 0 Å². The van der Waals surface area contributed by atoms with Gasteiger partial charge in [0.25, 0.3) is 0 Å². The van der Waals surface area contributed by atoms with E-state index in [0.717, 1.165) is 35.1 Å². The molecule has 1 heterocycles. The molecule has 0 spiro atoms. The van der Waals surface area contributed by atoms with Crippen LogP contribution in [-0.2, 0) is 4.79 Å². The van der Waals surface area contributed by atoms with E-state index in [1.165, 1.54) is 6.42 Å². The van der Waals surface area contributed by atoms with Crippen LogP contribution < -0.4 is 5.73 Å². The SMILES string of the molecule is NCC1CCCCN1C(=O)CCSc1ccc(Cl)cc1. The fourth-order valence-electron chi connectivity index (χ4n) is 2.50. The van der Waals surface area contributed by atoms with Gasteiger partial charge in [0.2, 0.25) is 5.91 Å². The maximum atomic E-state index is 12.2. The molecule has 1 aromatic carbocycles. The quantitative estimate of drug-likeness (QED) is 0.850.